The summed E-state index contributed by atoms with van der Waals surface area (Å²) in [5.41, 5.74) is 1.02. The Morgan fingerprint density at radius 2 is 2.42 bits per heavy atom. The molecule has 1 rings (SSSR count). The van der Waals surface area contributed by atoms with Crippen LogP contribution in [-0.4, -0.2) is 10.9 Å². The molecule has 1 unspecified atom stereocenters. The van der Waals surface area contributed by atoms with Crippen LogP contribution < -0.4 is 5.32 Å². The summed E-state index contributed by atoms with van der Waals surface area (Å²) in [6.07, 6.45) is 3.46. The van der Waals surface area contributed by atoms with Gasteiger partial charge in [-0.3, -0.25) is 9.78 Å². The van der Waals surface area contributed by atoms with E-state index in [1.54, 1.807) is 12.4 Å². The first-order chi connectivity index (χ1) is 5.70. The summed E-state index contributed by atoms with van der Waals surface area (Å²) in [6.45, 7) is 3.44. The van der Waals surface area contributed by atoms with E-state index in [9.17, 15) is 4.79 Å². The molecule has 0 saturated heterocycles. The molecule has 0 fully saturated rings. The molecule has 1 heterocycles. The number of carbonyl (C=O) groups is 1. The lowest BCUT2D eigenvalue weighted by molar-refractivity contribution is -0.119. The first-order valence-corrected chi connectivity index (χ1v) is 3.87. The smallest absolute Gasteiger partial charge is 0.217 e. The van der Waals surface area contributed by atoms with Crippen molar-refractivity contribution in [1.82, 2.24) is 10.3 Å². The lowest BCUT2D eigenvalue weighted by Gasteiger charge is -2.11. The van der Waals surface area contributed by atoms with Gasteiger partial charge in [-0.2, -0.15) is 0 Å². The molecule has 1 N–H and O–H groups in total. The van der Waals surface area contributed by atoms with Gasteiger partial charge in [0.05, 0.1) is 6.04 Å². The molecule has 1 aromatic heterocycles. The first-order valence-electron chi connectivity index (χ1n) is 3.87. The molecular formula is C9H12N2O. The highest BCUT2D eigenvalue weighted by atomic mass is 16.1. The van der Waals surface area contributed by atoms with Gasteiger partial charge in [-0.05, 0) is 18.6 Å². The van der Waals surface area contributed by atoms with Crippen molar-refractivity contribution in [2.24, 2.45) is 0 Å². The third-order valence-electron chi connectivity index (χ3n) is 1.60. The topological polar surface area (TPSA) is 42.0 Å². The van der Waals surface area contributed by atoms with Crippen molar-refractivity contribution in [3.05, 3.63) is 30.1 Å². The molecular weight excluding hydrogens is 152 g/mol. The first kappa shape index (κ1) is 8.71. The highest BCUT2D eigenvalue weighted by Crippen LogP contribution is 2.08. The third-order valence-corrected chi connectivity index (χ3v) is 1.60. The Morgan fingerprint density at radius 1 is 1.67 bits per heavy atom. The molecule has 0 radical (unpaired) electrons. The number of nitrogens with zero attached hydrogens (tertiary/aromatic N) is 1. The van der Waals surface area contributed by atoms with E-state index < -0.39 is 0 Å². The molecule has 1 aromatic rings. The highest BCUT2D eigenvalue weighted by molar-refractivity contribution is 5.73. The largest absolute Gasteiger partial charge is 0.350 e. The van der Waals surface area contributed by atoms with Crippen LogP contribution in [0.1, 0.15) is 25.5 Å². The zero-order valence-corrected chi connectivity index (χ0v) is 7.24. The number of rotatable bonds is 2. The number of nitrogens with one attached hydrogen (secondary N) is 1. The lowest BCUT2D eigenvalue weighted by Crippen LogP contribution is -2.23. The van der Waals surface area contributed by atoms with Crippen LogP contribution >= 0.6 is 0 Å². The Balaban J connectivity index is 2.65. The molecule has 0 saturated carbocycles. The van der Waals surface area contributed by atoms with Crippen molar-refractivity contribution >= 4 is 5.91 Å². The molecule has 1 amide bonds. The van der Waals surface area contributed by atoms with Gasteiger partial charge in [0.15, 0.2) is 0 Å². The van der Waals surface area contributed by atoms with Crippen LogP contribution in [0.3, 0.4) is 0 Å². The number of carbonyl (C=O) groups excluding carboxylic acids is 1. The predicted octanol–water partition coefficient (Wildman–Crippen LogP) is 1.28. The van der Waals surface area contributed by atoms with Crippen LogP contribution in [0, 0.1) is 0 Å². The van der Waals surface area contributed by atoms with E-state index in [1.165, 1.54) is 6.92 Å². The number of aromatic nitrogens is 1. The van der Waals surface area contributed by atoms with Crippen molar-refractivity contribution in [1.29, 1.82) is 0 Å². The number of hydrogen-bond acceptors (Lipinski definition) is 2. The molecule has 64 valence electrons. The molecule has 1 atom stereocenters. The third kappa shape index (κ3) is 2.34. The van der Waals surface area contributed by atoms with Crippen molar-refractivity contribution in [2.45, 2.75) is 19.9 Å². The second-order valence-corrected chi connectivity index (χ2v) is 2.71. The fourth-order valence-electron chi connectivity index (χ4n) is 1.02. The van der Waals surface area contributed by atoms with Gasteiger partial charge in [-0.15, -0.1) is 0 Å². The summed E-state index contributed by atoms with van der Waals surface area (Å²) in [5, 5.41) is 2.78. The molecule has 0 bridgehead atoms. The summed E-state index contributed by atoms with van der Waals surface area (Å²) in [4.78, 5) is 14.7. The molecule has 3 nitrogen and oxygen atoms in total. The van der Waals surface area contributed by atoms with E-state index in [4.69, 9.17) is 0 Å². The summed E-state index contributed by atoms with van der Waals surface area (Å²) in [6, 6.07) is 3.83. The van der Waals surface area contributed by atoms with Crippen molar-refractivity contribution in [3.8, 4) is 0 Å². The zero-order valence-electron chi connectivity index (χ0n) is 7.24. The van der Waals surface area contributed by atoms with Crippen LogP contribution in [-0.2, 0) is 4.79 Å². The van der Waals surface area contributed by atoms with Crippen molar-refractivity contribution in [3.63, 3.8) is 0 Å². The monoisotopic (exact) mass is 164 g/mol. The summed E-state index contributed by atoms with van der Waals surface area (Å²) in [5.74, 6) is -0.0219. The molecule has 0 aliphatic carbocycles. The minimum atomic E-state index is -0.0219. The maximum atomic E-state index is 10.7. The fraction of sp³-hybridized carbons (Fsp3) is 0.333. The van der Waals surface area contributed by atoms with E-state index in [2.05, 4.69) is 10.3 Å². The number of amides is 1. The van der Waals surface area contributed by atoms with E-state index in [0.29, 0.717) is 0 Å². The average molecular weight is 164 g/mol. The molecule has 0 aliphatic rings. The van der Waals surface area contributed by atoms with Crippen LogP contribution in [0.15, 0.2) is 24.5 Å². The van der Waals surface area contributed by atoms with Crippen molar-refractivity contribution < 1.29 is 4.79 Å². The zero-order chi connectivity index (χ0) is 8.97. The van der Waals surface area contributed by atoms with E-state index in [0.717, 1.165) is 5.56 Å². The minimum absolute atomic E-state index is 0.0219. The van der Waals surface area contributed by atoms with E-state index in [-0.39, 0.29) is 11.9 Å². The Morgan fingerprint density at radius 3 is 2.92 bits per heavy atom. The van der Waals surface area contributed by atoms with Crippen LogP contribution in [0.4, 0.5) is 0 Å². The Hall–Kier alpha value is -1.38. The van der Waals surface area contributed by atoms with Crippen molar-refractivity contribution in [2.75, 3.05) is 0 Å². The van der Waals surface area contributed by atoms with Crippen LogP contribution in [0.25, 0.3) is 0 Å². The van der Waals surface area contributed by atoms with Gasteiger partial charge in [0.1, 0.15) is 0 Å². The highest BCUT2D eigenvalue weighted by Gasteiger charge is 2.04. The molecule has 0 aliphatic heterocycles. The molecule has 0 spiro atoms. The maximum absolute atomic E-state index is 10.7. The molecule has 0 aromatic carbocycles. The maximum Gasteiger partial charge on any atom is 0.217 e. The predicted molar refractivity (Wildman–Crippen MR) is 46.5 cm³/mol. The Kier molecular flexibility index (Phi) is 2.80. The van der Waals surface area contributed by atoms with Crippen LogP contribution in [0.2, 0.25) is 0 Å². The summed E-state index contributed by atoms with van der Waals surface area (Å²) >= 11 is 0. The second-order valence-electron chi connectivity index (χ2n) is 2.71. The van der Waals surface area contributed by atoms with Gasteiger partial charge in [0.2, 0.25) is 5.91 Å². The summed E-state index contributed by atoms with van der Waals surface area (Å²) in [7, 11) is 0. The van der Waals surface area contributed by atoms with Gasteiger partial charge in [-0.1, -0.05) is 6.07 Å². The SMILES string of the molecule is CC(=O)NC(C)c1cccnc1. The Labute approximate surface area is 71.8 Å². The van der Waals surface area contributed by atoms with Gasteiger partial charge in [0.25, 0.3) is 0 Å². The fourth-order valence-corrected chi connectivity index (χ4v) is 1.02. The number of pyridine rings is 1. The second kappa shape index (κ2) is 3.85. The molecule has 3 heteroatoms. The minimum Gasteiger partial charge on any atom is -0.350 e. The van der Waals surface area contributed by atoms with Gasteiger partial charge in [-0.25, -0.2) is 0 Å². The molecule has 12 heavy (non-hydrogen) atoms. The van der Waals surface area contributed by atoms with Gasteiger partial charge < -0.3 is 5.32 Å². The van der Waals surface area contributed by atoms with Gasteiger partial charge in [0, 0.05) is 19.3 Å². The average Bonchev–Trinajstić information content (AvgIpc) is 2.05. The normalized spacial score (nSPS) is 12.2. The quantitative estimate of drug-likeness (QED) is 0.715. The van der Waals surface area contributed by atoms with Gasteiger partial charge >= 0.3 is 0 Å². The Bertz CT molecular complexity index is 258. The summed E-state index contributed by atoms with van der Waals surface area (Å²) < 4.78 is 0. The van der Waals surface area contributed by atoms with E-state index >= 15 is 0 Å². The standard InChI is InChI=1S/C9H12N2O/c1-7(11-8(2)12)9-4-3-5-10-6-9/h3-7H,1-2H3,(H,11,12). The lowest BCUT2D eigenvalue weighted by atomic mass is 10.1. The van der Waals surface area contributed by atoms with E-state index in [1.807, 2.05) is 19.1 Å². The van der Waals surface area contributed by atoms with Crippen LogP contribution in [0.5, 0.6) is 0 Å². The number of hydrogen-bond donors (Lipinski definition) is 1.